The largest absolute Gasteiger partial charge is 0.496 e. The molecule has 1 N–H and O–H groups in total. The van der Waals surface area contributed by atoms with Crippen LogP contribution in [0.1, 0.15) is 62.5 Å². The highest BCUT2D eigenvalue weighted by atomic mass is 19.1. The van der Waals surface area contributed by atoms with E-state index < -0.39 is 11.4 Å². The van der Waals surface area contributed by atoms with Crippen molar-refractivity contribution in [2.75, 3.05) is 65.4 Å². The number of carbonyl (C=O) groups is 3. The fraction of sp³-hybridized carbons (Fsp3) is 0.500. The summed E-state index contributed by atoms with van der Waals surface area (Å²) in [5.41, 5.74) is 2.97. The molecule has 0 spiro atoms. The molecule has 11 heteroatoms. The molecule has 1 atom stereocenters. The van der Waals surface area contributed by atoms with Crippen molar-refractivity contribution in [3.63, 3.8) is 0 Å². The van der Waals surface area contributed by atoms with Gasteiger partial charge in [-0.2, -0.15) is 0 Å². The number of aromatic nitrogens is 1. The van der Waals surface area contributed by atoms with E-state index in [1.807, 2.05) is 45.0 Å². The summed E-state index contributed by atoms with van der Waals surface area (Å²) >= 11 is 0. The normalized spacial score (nSPS) is 17.4. The van der Waals surface area contributed by atoms with Crippen molar-refractivity contribution in [1.29, 1.82) is 0 Å². The van der Waals surface area contributed by atoms with Gasteiger partial charge in [0.2, 0.25) is 5.91 Å². The maximum atomic E-state index is 16.3. The first-order chi connectivity index (χ1) is 21.3. The summed E-state index contributed by atoms with van der Waals surface area (Å²) in [5.74, 6) is -0.263. The van der Waals surface area contributed by atoms with Gasteiger partial charge in [-0.15, -0.1) is 0 Å². The van der Waals surface area contributed by atoms with E-state index in [9.17, 15) is 14.4 Å². The standard InChI is InChI=1S/C34H44FN5O5/c1-21(41)40-12-8-9-22(20-40)25-18-26(27-19-28(32(42)37(5)6)36-31(27)30(25)35)24-11-10-23(17-29(24)44-7)38-13-15-39(16-14-38)33(43)45-34(2,3)4/h10-11,17-19,22,36H,8-9,12-16,20H2,1-7H3/t22-/m1/s1. The lowest BCUT2D eigenvalue weighted by molar-refractivity contribution is -0.130. The monoisotopic (exact) mass is 621 g/mol. The number of hydrogen-bond acceptors (Lipinski definition) is 6. The lowest BCUT2D eigenvalue weighted by Crippen LogP contribution is -2.50. The van der Waals surface area contributed by atoms with Gasteiger partial charge in [-0.1, -0.05) is 0 Å². The Bertz CT molecular complexity index is 1600. The summed E-state index contributed by atoms with van der Waals surface area (Å²) in [6.07, 6.45) is 1.22. The summed E-state index contributed by atoms with van der Waals surface area (Å²) in [5, 5.41) is 0.581. The molecule has 0 bridgehead atoms. The van der Waals surface area contributed by atoms with E-state index in [0.717, 1.165) is 29.7 Å². The first kappa shape index (κ1) is 32.1. The third kappa shape index (κ3) is 6.72. The van der Waals surface area contributed by atoms with Crippen LogP contribution < -0.4 is 9.64 Å². The zero-order valence-electron chi connectivity index (χ0n) is 27.3. The molecule has 0 saturated carbocycles. The Morgan fingerprint density at radius 1 is 0.978 bits per heavy atom. The third-order valence-electron chi connectivity index (χ3n) is 8.60. The van der Waals surface area contributed by atoms with E-state index in [-0.39, 0.29) is 29.3 Å². The number of H-pyrrole nitrogens is 1. The molecule has 2 fully saturated rings. The van der Waals surface area contributed by atoms with Gasteiger partial charge in [-0.25, -0.2) is 9.18 Å². The summed E-state index contributed by atoms with van der Waals surface area (Å²) in [6.45, 7) is 10.5. The number of piperazine rings is 1. The highest BCUT2D eigenvalue weighted by Gasteiger charge is 2.30. The Labute approximate surface area is 264 Å². The number of nitrogens with one attached hydrogen (secondary N) is 1. The van der Waals surface area contributed by atoms with E-state index in [2.05, 4.69) is 9.88 Å². The molecule has 0 unspecified atom stereocenters. The second-order valence-corrected chi connectivity index (χ2v) is 13.1. The number of hydrogen-bond donors (Lipinski definition) is 1. The number of aromatic amines is 1. The first-order valence-electron chi connectivity index (χ1n) is 15.5. The highest BCUT2D eigenvalue weighted by molar-refractivity contribution is 6.04. The topological polar surface area (TPSA) is 98.4 Å². The molecule has 2 saturated heterocycles. The number of anilines is 1. The van der Waals surface area contributed by atoms with Crippen LogP contribution >= 0.6 is 0 Å². The van der Waals surface area contributed by atoms with Crippen LogP contribution in [-0.4, -0.2) is 104 Å². The van der Waals surface area contributed by atoms with Crippen LogP contribution in [0.2, 0.25) is 0 Å². The van der Waals surface area contributed by atoms with Gasteiger partial charge in [-0.05, 0) is 69.0 Å². The minimum atomic E-state index is -0.549. The van der Waals surface area contributed by atoms with Crippen molar-refractivity contribution in [2.24, 2.45) is 0 Å². The molecule has 2 aliphatic heterocycles. The molecule has 3 heterocycles. The van der Waals surface area contributed by atoms with Crippen LogP contribution in [0.3, 0.4) is 0 Å². The van der Waals surface area contributed by atoms with Gasteiger partial charge < -0.3 is 34.1 Å². The predicted octanol–water partition coefficient (Wildman–Crippen LogP) is 5.47. The third-order valence-corrected chi connectivity index (χ3v) is 8.60. The van der Waals surface area contributed by atoms with E-state index >= 15 is 4.39 Å². The van der Waals surface area contributed by atoms with Crippen LogP contribution in [0.5, 0.6) is 5.75 Å². The second kappa shape index (κ2) is 12.6. The van der Waals surface area contributed by atoms with E-state index in [1.54, 1.807) is 44.0 Å². The number of piperidine rings is 1. The molecular weight excluding hydrogens is 577 g/mol. The van der Waals surface area contributed by atoms with Gasteiger partial charge in [0.25, 0.3) is 5.91 Å². The Morgan fingerprint density at radius 3 is 2.31 bits per heavy atom. The number of likely N-dealkylation sites (tertiary alicyclic amines) is 1. The Morgan fingerprint density at radius 2 is 1.69 bits per heavy atom. The molecule has 5 rings (SSSR count). The molecule has 1 aromatic heterocycles. The maximum Gasteiger partial charge on any atom is 0.410 e. The average Bonchev–Trinajstić information content (AvgIpc) is 3.46. The number of fused-ring (bicyclic) bond motifs is 1. The smallest absolute Gasteiger partial charge is 0.410 e. The van der Waals surface area contributed by atoms with Gasteiger partial charge in [0.1, 0.15) is 17.0 Å². The van der Waals surface area contributed by atoms with E-state index in [0.29, 0.717) is 61.7 Å². The van der Waals surface area contributed by atoms with Crippen molar-refractivity contribution >= 4 is 34.5 Å². The lowest BCUT2D eigenvalue weighted by Gasteiger charge is -2.37. The van der Waals surface area contributed by atoms with Crippen LogP contribution in [0.15, 0.2) is 30.3 Å². The molecule has 242 valence electrons. The van der Waals surface area contributed by atoms with Gasteiger partial charge in [0, 0.05) is 88.9 Å². The molecule has 10 nitrogen and oxygen atoms in total. The summed E-state index contributed by atoms with van der Waals surface area (Å²) in [4.78, 5) is 47.9. The lowest BCUT2D eigenvalue weighted by atomic mass is 9.86. The summed E-state index contributed by atoms with van der Waals surface area (Å²) < 4.78 is 27.7. The number of amides is 3. The van der Waals surface area contributed by atoms with Crippen molar-refractivity contribution in [1.82, 2.24) is 19.7 Å². The summed E-state index contributed by atoms with van der Waals surface area (Å²) in [6, 6.07) is 9.50. The fourth-order valence-electron chi connectivity index (χ4n) is 6.25. The maximum absolute atomic E-state index is 16.3. The molecule has 2 aromatic carbocycles. The van der Waals surface area contributed by atoms with Gasteiger partial charge in [-0.3, -0.25) is 9.59 Å². The van der Waals surface area contributed by atoms with Crippen molar-refractivity contribution in [2.45, 2.75) is 52.1 Å². The number of ether oxygens (including phenoxy) is 2. The van der Waals surface area contributed by atoms with Crippen LogP contribution in [0.25, 0.3) is 22.0 Å². The van der Waals surface area contributed by atoms with Crippen LogP contribution in [0.4, 0.5) is 14.9 Å². The van der Waals surface area contributed by atoms with Crippen molar-refractivity contribution < 1.29 is 28.2 Å². The molecule has 2 aliphatic rings. The van der Waals surface area contributed by atoms with Crippen molar-refractivity contribution in [3.8, 4) is 16.9 Å². The molecule has 3 amide bonds. The zero-order valence-corrected chi connectivity index (χ0v) is 27.3. The summed E-state index contributed by atoms with van der Waals surface area (Å²) in [7, 11) is 4.92. The number of methoxy groups -OCH3 is 1. The number of benzene rings is 2. The van der Waals surface area contributed by atoms with Crippen LogP contribution in [0, 0.1) is 5.82 Å². The number of nitrogens with zero attached hydrogens (tertiary/aromatic N) is 4. The van der Waals surface area contributed by atoms with Gasteiger partial charge in [0.15, 0.2) is 5.82 Å². The first-order valence-corrected chi connectivity index (χ1v) is 15.5. The Kier molecular flexibility index (Phi) is 9.00. The van der Waals surface area contributed by atoms with Crippen molar-refractivity contribution in [3.05, 3.63) is 47.4 Å². The molecule has 45 heavy (non-hydrogen) atoms. The second-order valence-electron chi connectivity index (χ2n) is 13.1. The number of rotatable bonds is 5. The minimum Gasteiger partial charge on any atom is -0.496 e. The minimum absolute atomic E-state index is 0.0238. The quantitative estimate of drug-likeness (QED) is 0.406. The molecule has 0 aliphatic carbocycles. The van der Waals surface area contributed by atoms with E-state index in [4.69, 9.17) is 9.47 Å². The number of carbonyl (C=O) groups excluding carboxylic acids is 3. The zero-order chi connectivity index (χ0) is 32.6. The molecule has 0 radical (unpaired) electrons. The highest BCUT2D eigenvalue weighted by Crippen LogP contribution is 2.42. The number of halogens is 1. The molecular formula is C34H44FN5O5. The Hall–Kier alpha value is -4.28. The SMILES string of the molecule is COc1cc(N2CCN(C(=O)OC(C)(C)C)CC2)ccc1-c1cc([C@@H]2CCCN(C(C)=O)C2)c(F)c2[nH]c(C(=O)N(C)C)cc12. The van der Waals surface area contributed by atoms with E-state index in [1.165, 1.54) is 4.90 Å². The average molecular weight is 622 g/mol. The van der Waals surface area contributed by atoms with Gasteiger partial charge >= 0.3 is 6.09 Å². The van der Waals surface area contributed by atoms with Gasteiger partial charge in [0.05, 0.1) is 12.6 Å². The Balaban J connectivity index is 1.52. The molecule has 3 aromatic rings. The van der Waals surface area contributed by atoms with Crippen LogP contribution in [-0.2, 0) is 9.53 Å². The fourth-order valence-corrected chi connectivity index (χ4v) is 6.25. The predicted molar refractivity (Wildman–Crippen MR) is 173 cm³/mol.